The van der Waals surface area contributed by atoms with Crippen LogP contribution in [-0.4, -0.2) is 48.6 Å². The van der Waals surface area contributed by atoms with Crippen molar-refractivity contribution in [1.82, 2.24) is 9.80 Å². The minimum absolute atomic E-state index is 0. The van der Waals surface area contributed by atoms with Gasteiger partial charge < -0.3 is 9.80 Å². The highest BCUT2D eigenvalue weighted by atomic mass is 35.5. The monoisotopic (exact) mass is 344 g/mol. The lowest BCUT2D eigenvalue weighted by Gasteiger charge is -2.40. The maximum absolute atomic E-state index is 2.79. The lowest BCUT2D eigenvalue weighted by molar-refractivity contribution is 0.0918. The molecule has 0 unspecified atom stereocenters. The molecule has 0 N–H and O–H groups in total. The van der Waals surface area contributed by atoms with Crippen molar-refractivity contribution in [2.24, 2.45) is 0 Å². The molecule has 138 valence electrons. The van der Waals surface area contributed by atoms with E-state index >= 15 is 0 Å². The van der Waals surface area contributed by atoms with E-state index in [1.54, 1.807) is 0 Å². The third-order valence-electron chi connectivity index (χ3n) is 5.79. The second-order valence-corrected chi connectivity index (χ2v) is 7.64. The fourth-order valence-corrected chi connectivity index (χ4v) is 4.26. The quantitative estimate of drug-likeness (QED) is 0.483. The first-order valence-electron chi connectivity index (χ1n) is 10.4. The number of hydrogen-bond donors (Lipinski definition) is 0. The number of halogens is 1. The molecule has 0 amide bonds. The fraction of sp³-hybridized carbons (Fsp3) is 1.00. The van der Waals surface area contributed by atoms with Crippen LogP contribution in [0, 0.1) is 0 Å². The normalized spacial score (nSPS) is 21.3. The van der Waals surface area contributed by atoms with Gasteiger partial charge in [0.15, 0.2) is 0 Å². The molecule has 0 aromatic rings. The van der Waals surface area contributed by atoms with Gasteiger partial charge in [0.1, 0.15) is 0 Å². The molecule has 2 rings (SSSR count). The lowest BCUT2D eigenvalue weighted by atomic mass is 9.99. The number of nitrogens with zero attached hydrogens (tertiary/aromatic N) is 2. The molecule has 0 bridgehead atoms. The molecule has 0 spiro atoms. The predicted octanol–water partition coefficient (Wildman–Crippen LogP) is 5.50. The van der Waals surface area contributed by atoms with Gasteiger partial charge in [-0.3, -0.25) is 0 Å². The van der Waals surface area contributed by atoms with Gasteiger partial charge in [0, 0.05) is 6.04 Å². The Hall–Kier alpha value is 0.210. The average molecular weight is 345 g/mol. The lowest BCUT2D eigenvalue weighted by Crippen LogP contribution is -2.46. The number of unbranched alkanes of at least 4 members (excludes halogenated alkanes) is 7. The Bertz CT molecular complexity index is 258. The number of rotatable bonds is 10. The van der Waals surface area contributed by atoms with Gasteiger partial charge in [-0.25, -0.2) is 0 Å². The van der Waals surface area contributed by atoms with Crippen LogP contribution >= 0.6 is 12.4 Å². The maximum Gasteiger partial charge on any atom is 0.0120 e. The van der Waals surface area contributed by atoms with Gasteiger partial charge in [0.05, 0.1) is 0 Å². The van der Waals surface area contributed by atoms with Crippen molar-refractivity contribution < 1.29 is 0 Å². The van der Waals surface area contributed by atoms with E-state index in [0.29, 0.717) is 0 Å². The molecule has 2 aliphatic heterocycles. The van der Waals surface area contributed by atoms with E-state index in [-0.39, 0.29) is 12.4 Å². The minimum atomic E-state index is 0. The molecule has 0 aromatic heterocycles. The Labute approximate surface area is 151 Å². The molecule has 0 radical (unpaired) electrons. The van der Waals surface area contributed by atoms with Gasteiger partial charge in [0.25, 0.3) is 0 Å². The minimum Gasteiger partial charge on any atom is -0.303 e. The summed E-state index contributed by atoms with van der Waals surface area (Å²) in [6, 6.07) is 0.912. The Morgan fingerprint density at radius 3 is 1.87 bits per heavy atom. The highest BCUT2D eigenvalue weighted by molar-refractivity contribution is 5.85. The van der Waals surface area contributed by atoms with Crippen molar-refractivity contribution in [3.8, 4) is 0 Å². The van der Waals surface area contributed by atoms with Gasteiger partial charge in [0.2, 0.25) is 0 Å². The van der Waals surface area contributed by atoms with E-state index in [9.17, 15) is 0 Å². The Balaban J connectivity index is 0.00000264. The van der Waals surface area contributed by atoms with Gasteiger partial charge in [-0.15, -0.1) is 12.4 Å². The largest absolute Gasteiger partial charge is 0.303 e. The molecular weight excluding hydrogens is 304 g/mol. The van der Waals surface area contributed by atoms with Crippen molar-refractivity contribution in [3.05, 3.63) is 0 Å². The molecule has 2 fully saturated rings. The van der Waals surface area contributed by atoms with Crippen LogP contribution in [0.1, 0.15) is 90.4 Å². The molecule has 3 heteroatoms. The third-order valence-corrected chi connectivity index (χ3v) is 5.79. The molecule has 23 heavy (non-hydrogen) atoms. The SMILES string of the molecule is CCCCCCCCCCN1CCC(N2CCCCC2)CC1.Cl. The summed E-state index contributed by atoms with van der Waals surface area (Å²) in [5.74, 6) is 0. The van der Waals surface area contributed by atoms with Gasteiger partial charge in [-0.1, -0.05) is 58.3 Å². The average Bonchev–Trinajstić information content (AvgIpc) is 2.59. The standard InChI is InChI=1S/C20H40N2.ClH/c1-2-3-4-5-6-7-8-10-15-21-18-13-20(14-19-21)22-16-11-9-12-17-22;/h20H,2-19H2,1H3;1H. The molecular formula is C20H41ClN2. The van der Waals surface area contributed by atoms with Crippen LogP contribution in [0.5, 0.6) is 0 Å². The molecule has 0 saturated carbocycles. The topological polar surface area (TPSA) is 6.48 Å². The van der Waals surface area contributed by atoms with E-state index < -0.39 is 0 Å². The zero-order chi connectivity index (χ0) is 15.5. The van der Waals surface area contributed by atoms with Crippen LogP contribution in [0.3, 0.4) is 0 Å². The summed E-state index contributed by atoms with van der Waals surface area (Å²) in [4.78, 5) is 5.52. The van der Waals surface area contributed by atoms with E-state index in [1.165, 1.54) is 116 Å². The van der Waals surface area contributed by atoms with Crippen molar-refractivity contribution in [3.63, 3.8) is 0 Å². The Morgan fingerprint density at radius 1 is 0.696 bits per heavy atom. The summed E-state index contributed by atoms with van der Waals surface area (Å²) < 4.78 is 0. The molecule has 0 aromatic carbocycles. The summed E-state index contributed by atoms with van der Waals surface area (Å²) >= 11 is 0. The van der Waals surface area contributed by atoms with Gasteiger partial charge in [-0.2, -0.15) is 0 Å². The zero-order valence-corrected chi connectivity index (χ0v) is 16.4. The first-order valence-corrected chi connectivity index (χ1v) is 10.4. The summed E-state index contributed by atoms with van der Waals surface area (Å²) in [5.41, 5.74) is 0. The van der Waals surface area contributed by atoms with Crippen molar-refractivity contribution in [2.75, 3.05) is 32.7 Å². The molecule has 2 aliphatic rings. The van der Waals surface area contributed by atoms with E-state index in [4.69, 9.17) is 0 Å². The highest BCUT2D eigenvalue weighted by Gasteiger charge is 2.24. The maximum atomic E-state index is 2.79. The van der Waals surface area contributed by atoms with Crippen LogP contribution < -0.4 is 0 Å². The molecule has 2 heterocycles. The second kappa shape index (κ2) is 13.5. The Morgan fingerprint density at radius 2 is 1.26 bits per heavy atom. The van der Waals surface area contributed by atoms with Crippen LogP contribution in [0.15, 0.2) is 0 Å². The van der Waals surface area contributed by atoms with Gasteiger partial charge in [-0.05, 0) is 64.8 Å². The predicted molar refractivity (Wildman–Crippen MR) is 105 cm³/mol. The third kappa shape index (κ3) is 8.74. The number of piperidine rings is 2. The molecule has 2 nitrogen and oxygen atoms in total. The molecule has 2 saturated heterocycles. The molecule has 0 aliphatic carbocycles. The van der Waals surface area contributed by atoms with Crippen molar-refractivity contribution in [2.45, 2.75) is 96.4 Å². The van der Waals surface area contributed by atoms with Crippen LogP contribution in [0.2, 0.25) is 0 Å². The summed E-state index contributed by atoms with van der Waals surface area (Å²) in [5, 5.41) is 0. The Kier molecular flexibility index (Phi) is 12.5. The second-order valence-electron chi connectivity index (χ2n) is 7.64. The smallest absolute Gasteiger partial charge is 0.0120 e. The van der Waals surface area contributed by atoms with Gasteiger partial charge >= 0.3 is 0 Å². The van der Waals surface area contributed by atoms with Crippen molar-refractivity contribution in [1.29, 1.82) is 0 Å². The van der Waals surface area contributed by atoms with E-state index in [1.807, 2.05) is 0 Å². The molecule has 0 atom stereocenters. The van der Waals surface area contributed by atoms with Crippen LogP contribution in [0.25, 0.3) is 0 Å². The number of likely N-dealkylation sites (tertiary alicyclic amines) is 2. The fourth-order valence-electron chi connectivity index (χ4n) is 4.26. The zero-order valence-electron chi connectivity index (χ0n) is 15.6. The summed E-state index contributed by atoms with van der Waals surface area (Å²) in [7, 11) is 0. The summed E-state index contributed by atoms with van der Waals surface area (Å²) in [6.45, 7) is 9.14. The number of hydrogen-bond acceptors (Lipinski definition) is 2. The first-order chi connectivity index (χ1) is 10.9. The van der Waals surface area contributed by atoms with Crippen LogP contribution in [-0.2, 0) is 0 Å². The van der Waals surface area contributed by atoms with E-state index in [0.717, 1.165) is 6.04 Å². The van der Waals surface area contributed by atoms with Crippen LogP contribution in [0.4, 0.5) is 0 Å². The van der Waals surface area contributed by atoms with Crippen molar-refractivity contribution >= 4 is 12.4 Å². The highest BCUT2D eigenvalue weighted by Crippen LogP contribution is 2.21. The summed E-state index contributed by atoms with van der Waals surface area (Å²) in [6.07, 6.45) is 18.8. The first kappa shape index (κ1) is 21.3. The van der Waals surface area contributed by atoms with E-state index in [2.05, 4.69) is 16.7 Å².